The summed E-state index contributed by atoms with van der Waals surface area (Å²) < 4.78 is 0. The van der Waals surface area contributed by atoms with Gasteiger partial charge in [0.1, 0.15) is 0 Å². The SMILES string of the molecule is CN1CCCC(C(CC(C)(C)C(=O)O)N(C)C)C1. The van der Waals surface area contributed by atoms with E-state index in [1.54, 1.807) is 0 Å². The van der Waals surface area contributed by atoms with Gasteiger partial charge in [0.05, 0.1) is 5.41 Å². The molecule has 0 aromatic heterocycles. The molecule has 2 atom stereocenters. The van der Waals surface area contributed by atoms with Crippen LogP contribution in [0.1, 0.15) is 33.1 Å². The van der Waals surface area contributed by atoms with Crippen LogP contribution >= 0.6 is 0 Å². The third-order valence-electron chi connectivity index (χ3n) is 4.17. The minimum Gasteiger partial charge on any atom is -0.481 e. The van der Waals surface area contributed by atoms with Gasteiger partial charge in [-0.3, -0.25) is 4.79 Å². The first-order valence-corrected chi connectivity index (χ1v) is 6.82. The normalized spacial score (nSPS) is 24.2. The summed E-state index contributed by atoms with van der Waals surface area (Å²) in [5, 5.41) is 9.29. The van der Waals surface area contributed by atoms with Gasteiger partial charge in [0.25, 0.3) is 0 Å². The largest absolute Gasteiger partial charge is 0.481 e. The maximum absolute atomic E-state index is 11.3. The molecule has 0 spiro atoms. The molecule has 0 aliphatic carbocycles. The van der Waals surface area contributed by atoms with E-state index >= 15 is 0 Å². The Morgan fingerprint density at radius 2 is 2.11 bits per heavy atom. The Kier molecular flexibility index (Phi) is 5.17. The van der Waals surface area contributed by atoms with E-state index in [1.807, 2.05) is 13.8 Å². The molecule has 1 aliphatic rings. The van der Waals surface area contributed by atoms with Gasteiger partial charge in [-0.05, 0) is 66.7 Å². The zero-order chi connectivity index (χ0) is 13.9. The number of nitrogens with zero attached hydrogens (tertiary/aromatic N) is 2. The zero-order valence-electron chi connectivity index (χ0n) is 12.4. The summed E-state index contributed by atoms with van der Waals surface area (Å²) in [5.74, 6) is -0.115. The molecule has 0 amide bonds. The van der Waals surface area contributed by atoms with E-state index in [0.717, 1.165) is 6.54 Å². The van der Waals surface area contributed by atoms with Crippen molar-refractivity contribution < 1.29 is 9.90 Å². The number of aliphatic carboxylic acids is 1. The van der Waals surface area contributed by atoms with Gasteiger partial charge in [0.2, 0.25) is 0 Å². The quantitative estimate of drug-likeness (QED) is 0.814. The first kappa shape index (κ1) is 15.4. The highest BCUT2D eigenvalue weighted by Gasteiger charge is 2.36. The first-order chi connectivity index (χ1) is 8.24. The predicted molar refractivity (Wildman–Crippen MR) is 73.7 cm³/mol. The molecule has 1 heterocycles. The van der Waals surface area contributed by atoms with Crippen LogP contribution in [-0.4, -0.2) is 61.2 Å². The van der Waals surface area contributed by atoms with Crippen molar-refractivity contribution in [1.82, 2.24) is 9.80 Å². The van der Waals surface area contributed by atoms with E-state index in [9.17, 15) is 9.90 Å². The molecule has 0 saturated carbocycles. The third-order valence-corrected chi connectivity index (χ3v) is 4.17. The van der Waals surface area contributed by atoms with Crippen molar-refractivity contribution in [3.05, 3.63) is 0 Å². The summed E-state index contributed by atoms with van der Waals surface area (Å²) in [6, 6.07) is 0.346. The zero-order valence-corrected chi connectivity index (χ0v) is 12.4. The van der Waals surface area contributed by atoms with E-state index in [2.05, 4.69) is 30.9 Å². The van der Waals surface area contributed by atoms with Gasteiger partial charge in [-0.15, -0.1) is 0 Å². The molecule has 1 rings (SSSR count). The van der Waals surface area contributed by atoms with Crippen molar-refractivity contribution in [2.75, 3.05) is 34.2 Å². The Hall–Kier alpha value is -0.610. The Balaban J connectivity index is 2.73. The molecule has 1 saturated heterocycles. The molecule has 0 aromatic rings. The second kappa shape index (κ2) is 6.02. The summed E-state index contributed by atoms with van der Waals surface area (Å²) in [7, 11) is 6.29. The first-order valence-electron chi connectivity index (χ1n) is 6.82. The summed E-state index contributed by atoms with van der Waals surface area (Å²) in [4.78, 5) is 15.9. The molecule has 0 aromatic carbocycles. The van der Waals surface area contributed by atoms with E-state index in [-0.39, 0.29) is 0 Å². The number of likely N-dealkylation sites (tertiary alicyclic amines) is 1. The molecule has 2 unspecified atom stereocenters. The fraction of sp³-hybridized carbons (Fsp3) is 0.929. The van der Waals surface area contributed by atoms with E-state index in [1.165, 1.54) is 19.4 Å². The Morgan fingerprint density at radius 1 is 1.50 bits per heavy atom. The molecule has 0 radical (unpaired) electrons. The smallest absolute Gasteiger partial charge is 0.309 e. The lowest BCUT2D eigenvalue weighted by atomic mass is 9.78. The number of piperidine rings is 1. The van der Waals surface area contributed by atoms with Gasteiger partial charge in [-0.25, -0.2) is 0 Å². The number of hydrogen-bond donors (Lipinski definition) is 1. The van der Waals surface area contributed by atoms with Crippen LogP contribution in [0.25, 0.3) is 0 Å². The highest BCUT2D eigenvalue weighted by atomic mass is 16.4. The molecule has 1 N–H and O–H groups in total. The van der Waals surface area contributed by atoms with Crippen molar-refractivity contribution in [1.29, 1.82) is 0 Å². The van der Waals surface area contributed by atoms with Crippen LogP contribution in [-0.2, 0) is 4.79 Å². The summed E-state index contributed by atoms with van der Waals surface area (Å²) in [6.07, 6.45) is 3.15. The van der Waals surface area contributed by atoms with Gasteiger partial charge < -0.3 is 14.9 Å². The van der Waals surface area contributed by atoms with Crippen molar-refractivity contribution in [3.63, 3.8) is 0 Å². The highest BCUT2D eigenvalue weighted by molar-refractivity contribution is 5.73. The highest BCUT2D eigenvalue weighted by Crippen LogP contribution is 2.31. The van der Waals surface area contributed by atoms with Crippen molar-refractivity contribution in [2.24, 2.45) is 11.3 Å². The number of carbonyl (C=O) groups is 1. The van der Waals surface area contributed by atoms with Crippen molar-refractivity contribution >= 4 is 5.97 Å². The van der Waals surface area contributed by atoms with Crippen LogP contribution in [0.2, 0.25) is 0 Å². The lowest BCUT2D eigenvalue weighted by molar-refractivity contribution is -0.148. The molecule has 0 bridgehead atoms. The molecular weight excluding hydrogens is 228 g/mol. The predicted octanol–water partition coefficient (Wildman–Crippen LogP) is 1.76. The average Bonchev–Trinajstić information content (AvgIpc) is 2.25. The number of hydrogen-bond acceptors (Lipinski definition) is 3. The van der Waals surface area contributed by atoms with Gasteiger partial charge in [-0.1, -0.05) is 0 Å². The van der Waals surface area contributed by atoms with Crippen LogP contribution in [0.5, 0.6) is 0 Å². The van der Waals surface area contributed by atoms with Gasteiger partial charge in [-0.2, -0.15) is 0 Å². The minimum atomic E-state index is -0.696. The van der Waals surface area contributed by atoms with Gasteiger partial charge in [0.15, 0.2) is 0 Å². The fourth-order valence-corrected chi connectivity index (χ4v) is 2.90. The molecule has 1 fully saturated rings. The summed E-state index contributed by atoms with van der Waals surface area (Å²) >= 11 is 0. The summed E-state index contributed by atoms with van der Waals surface area (Å²) in [6.45, 7) is 5.91. The Bertz CT molecular complexity index is 290. The van der Waals surface area contributed by atoms with E-state index in [4.69, 9.17) is 0 Å². The van der Waals surface area contributed by atoms with Crippen LogP contribution in [0.3, 0.4) is 0 Å². The maximum atomic E-state index is 11.3. The second-order valence-corrected chi connectivity index (χ2v) is 6.59. The van der Waals surface area contributed by atoms with Crippen LogP contribution in [0, 0.1) is 11.3 Å². The third kappa shape index (κ3) is 3.95. The lowest BCUT2D eigenvalue weighted by Crippen LogP contribution is -2.47. The molecular formula is C14H28N2O2. The van der Waals surface area contributed by atoms with Crippen LogP contribution < -0.4 is 0 Å². The van der Waals surface area contributed by atoms with Crippen LogP contribution in [0.4, 0.5) is 0 Å². The molecule has 4 heteroatoms. The molecule has 1 aliphatic heterocycles. The Labute approximate surface area is 111 Å². The minimum absolute atomic E-state index is 0.346. The molecule has 4 nitrogen and oxygen atoms in total. The summed E-state index contributed by atoms with van der Waals surface area (Å²) in [5.41, 5.74) is -0.648. The number of rotatable bonds is 5. The van der Waals surface area contributed by atoms with Crippen molar-refractivity contribution in [3.8, 4) is 0 Å². The Morgan fingerprint density at radius 3 is 2.56 bits per heavy atom. The maximum Gasteiger partial charge on any atom is 0.309 e. The fourth-order valence-electron chi connectivity index (χ4n) is 2.90. The topological polar surface area (TPSA) is 43.8 Å². The monoisotopic (exact) mass is 256 g/mol. The van der Waals surface area contributed by atoms with E-state index in [0.29, 0.717) is 18.4 Å². The molecule has 18 heavy (non-hydrogen) atoms. The van der Waals surface area contributed by atoms with Crippen molar-refractivity contribution in [2.45, 2.75) is 39.2 Å². The standard InChI is InChI=1S/C14H28N2O2/c1-14(2,13(17)18)9-12(15(3)4)11-7-6-8-16(5)10-11/h11-12H,6-10H2,1-5H3,(H,17,18). The molecule has 106 valence electrons. The number of carboxylic acids is 1. The van der Waals surface area contributed by atoms with Gasteiger partial charge >= 0.3 is 5.97 Å². The van der Waals surface area contributed by atoms with Crippen LogP contribution in [0.15, 0.2) is 0 Å². The lowest BCUT2D eigenvalue weighted by Gasteiger charge is -2.40. The van der Waals surface area contributed by atoms with Gasteiger partial charge in [0, 0.05) is 12.6 Å². The second-order valence-electron chi connectivity index (χ2n) is 6.59. The number of carboxylic acid groups (broad SMARTS) is 1. The van der Waals surface area contributed by atoms with E-state index < -0.39 is 11.4 Å². The average molecular weight is 256 g/mol.